The fourth-order valence-corrected chi connectivity index (χ4v) is 2.92. The van der Waals surface area contributed by atoms with Crippen molar-refractivity contribution in [1.29, 1.82) is 0 Å². The molecule has 0 unspecified atom stereocenters. The van der Waals surface area contributed by atoms with E-state index in [1.165, 1.54) is 36.4 Å². The molecule has 0 fully saturated rings. The number of hydrogen-bond acceptors (Lipinski definition) is 6. The third kappa shape index (κ3) is 5.99. The van der Waals surface area contributed by atoms with Gasteiger partial charge in [0.1, 0.15) is 0 Å². The molecule has 0 spiro atoms. The van der Waals surface area contributed by atoms with Crippen molar-refractivity contribution in [2.24, 2.45) is 5.41 Å². The summed E-state index contributed by atoms with van der Waals surface area (Å²) < 4.78 is 28.5. The summed E-state index contributed by atoms with van der Waals surface area (Å²) in [5, 5.41) is 2.58. The Morgan fingerprint density at radius 3 is 2.28 bits per heavy atom. The summed E-state index contributed by atoms with van der Waals surface area (Å²) in [6, 6.07) is 11.8. The molecule has 0 saturated carbocycles. The van der Waals surface area contributed by atoms with E-state index in [0.717, 1.165) is 6.26 Å². The van der Waals surface area contributed by atoms with Gasteiger partial charge in [-0.15, -0.1) is 0 Å². The van der Waals surface area contributed by atoms with E-state index in [2.05, 4.69) is 5.32 Å². The second-order valence-corrected chi connectivity index (χ2v) is 9.56. The number of sulfone groups is 1. The highest BCUT2D eigenvalue weighted by Gasteiger charge is 2.23. The van der Waals surface area contributed by atoms with Crippen molar-refractivity contribution in [2.75, 3.05) is 18.2 Å². The Kier molecular flexibility index (Phi) is 6.58. The number of benzene rings is 2. The number of ketones is 1. The molecule has 0 atom stereocenters. The van der Waals surface area contributed by atoms with E-state index in [1.807, 2.05) is 0 Å². The topological polar surface area (TPSA) is 107 Å². The van der Waals surface area contributed by atoms with Crippen LogP contribution in [0.3, 0.4) is 0 Å². The first kappa shape index (κ1) is 22.3. The van der Waals surface area contributed by atoms with Crippen molar-refractivity contribution in [3.05, 3.63) is 59.7 Å². The molecule has 2 rings (SSSR count). The van der Waals surface area contributed by atoms with Gasteiger partial charge in [-0.3, -0.25) is 9.59 Å². The van der Waals surface area contributed by atoms with E-state index in [0.29, 0.717) is 0 Å². The van der Waals surface area contributed by atoms with Gasteiger partial charge in [-0.2, -0.15) is 0 Å². The molecule has 0 aliphatic heterocycles. The minimum absolute atomic E-state index is 0.0125. The van der Waals surface area contributed by atoms with Crippen LogP contribution in [-0.4, -0.2) is 38.9 Å². The molecule has 0 heterocycles. The molecule has 8 heteroatoms. The van der Waals surface area contributed by atoms with E-state index >= 15 is 0 Å². The van der Waals surface area contributed by atoms with Crippen LogP contribution in [0, 0.1) is 5.41 Å². The van der Waals surface area contributed by atoms with E-state index in [9.17, 15) is 22.8 Å². The number of nitrogens with one attached hydrogen (secondary N) is 1. The lowest BCUT2D eigenvalue weighted by atomic mass is 9.91. The van der Waals surface area contributed by atoms with Crippen LogP contribution in [0.2, 0.25) is 0 Å². The highest BCUT2D eigenvalue weighted by Crippen LogP contribution is 2.20. The smallest absolute Gasteiger partial charge is 0.340 e. The molecule has 1 N–H and O–H groups in total. The summed E-state index contributed by atoms with van der Waals surface area (Å²) in [4.78, 5) is 36.9. The van der Waals surface area contributed by atoms with Crippen molar-refractivity contribution in [2.45, 2.75) is 25.7 Å². The molecule has 2 aromatic carbocycles. The molecule has 0 saturated heterocycles. The summed E-state index contributed by atoms with van der Waals surface area (Å²) in [6.07, 6.45) is 1.05. The number of ether oxygens (including phenoxy) is 1. The molecule has 0 radical (unpaired) electrons. The van der Waals surface area contributed by atoms with Crippen LogP contribution in [0.4, 0.5) is 5.69 Å². The lowest BCUT2D eigenvalue weighted by Gasteiger charge is -2.16. The van der Waals surface area contributed by atoms with Crippen molar-refractivity contribution in [1.82, 2.24) is 0 Å². The Hall–Kier alpha value is -3.00. The van der Waals surface area contributed by atoms with Gasteiger partial charge in [0.25, 0.3) is 5.91 Å². The first-order valence-corrected chi connectivity index (χ1v) is 10.7. The van der Waals surface area contributed by atoms with Crippen molar-refractivity contribution in [3.8, 4) is 0 Å². The van der Waals surface area contributed by atoms with Gasteiger partial charge in [-0.25, -0.2) is 13.2 Å². The molecular weight excluding hydrogens is 394 g/mol. The number of carbonyl (C=O) groups excluding carboxylic acids is 3. The summed E-state index contributed by atoms with van der Waals surface area (Å²) in [5.41, 5.74) is -0.241. The average molecular weight is 417 g/mol. The van der Waals surface area contributed by atoms with Gasteiger partial charge in [-0.05, 0) is 30.3 Å². The Balaban J connectivity index is 2.20. The van der Waals surface area contributed by atoms with Gasteiger partial charge in [0.05, 0.1) is 16.1 Å². The maximum absolute atomic E-state index is 12.6. The minimum Gasteiger partial charge on any atom is -0.454 e. The molecule has 0 aromatic heterocycles. The zero-order chi connectivity index (χ0) is 21.8. The predicted octanol–water partition coefficient (Wildman–Crippen LogP) is 3.11. The number of esters is 1. The molecule has 0 bridgehead atoms. The van der Waals surface area contributed by atoms with Crippen LogP contribution >= 0.6 is 0 Å². The largest absolute Gasteiger partial charge is 0.454 e. The van der Waals surface area contributed by atoms with E-state index in [-0.39, 0.29) is 34.1 Å². The lowest BCUT2D eigenvalue weighted by molar-refractivity contribution is -0.129. The Bertz CT molecular complexity index is 1050. The average Bonchev–Trinajstić information content (AvgIpc) is 2.64. The van der Waals surface area contributed by atoms with E-state index in [1.54, 1.807) is 32.9 Å². The number of Topliss-reactive ketones (excluding diaryl/α,β-unsaturated/α-hetero) is 1. The highest BCUT2D eigenvalue weighted by molar-refractivity contribution is 7.90. The first-order chi connectivity index (χ1) is 13.4. The number of rotatable bonds is 6. The van der Waals surface area contributed by atoms with Crippen LogP contribution in [0.15, 0.2) is 53.4 Å². The fraction of sp³-hybridized carbons (Fsp3) is 0.286. The van der Waals surface area contributed by atoms with Gasteiger partial charge in [0, 0.05) is 17.2 Å². The molecular formula is C21H23NO6S. The third-order valence-electron chi connectivity index (χ3n) is 4.09. The summed E-state index contributed by atoms with van der Waals surface area (Å²) >= 11 is 0. The maximum Gasteiger partial charge on any atom is 0.340 e. The lowest BCUT2D eigenvalue weighted by Crippen LogP contribution is -2.26. The second kappa shape index (κ2) is 8.57. The van der Waals surface area contributed by atoms with Crippen molar-refractivity contribution < 1.29 is 27.5 Å². The quantitative estimate of drug-likeness (QED) is 0.724. The van der Waals surface area contributed by atoms with E-state index in [4.69, 9.17) is 4.74 Å². The maximum atomic E-state index is 12.6. The molecule has 7 nitrogen and oxygen atoms in total. The Morgan fingerprint density at radius 2 is 1.66 bits per heavy atom. The van der Waals surface area contributed by atoms with Crippen molar-refractivity contribution in [3.63, 3.8) is 0 Å². The van der Waals surface area contributed by atoms with Gasteiger partial charge < -0.3 is 10.1 Å². The molecule has 29 heavy (non-hydrogen) atoms. The molecule has 2 aromatic rings. The number of amides is 1. The molecule has 1 amide bonds. The second-order valence-electron chi connectivity index (χ2n) is 7.55. The predicted molar refractivity (Wildman–Crippen MR) is 109 cm³/mol. The van der Waals surface area contributed by atoms with Crippen LogP contribution in [0.25, 0.3) is 0 Å². The van der Waals surface area contributed by atoms with Crippen molar-refractivity contribution >= 4 is 33.2 Å². The number of anilines is 1. The third-order valence-corrected chi connectivity index (χ3v) is 5.20. The van der Waals surface area contributed by atoms with Gasteiger partial charge in [0.15, 0.2) is 22.2 Å². The first-order valence-electron chi connectivity index (χ1n) is 8.80. The zero-order valence-electron chi connectivity index (χ0n) is 16.7. The summed E-state index contributed by atoms with van der Waals surface area (Å²) in [7, 11) is -3.47. The monoisotopic (exact) mass is 417 g/mol. The van der Waals surface area contributed by atoms with E-state index < -0.39 is 27.1 Å². The number of para-hydroxylation sites is 1. The summed E-state index contributed by atoms with van der Waals surface area (Å²) in [5.74, 6) is -1.56. The SMILES string of the molecule is CC(C)(C)C(=O)COC(=O)c1ccccc1NC(=O)c1cccc(S(C)(=O)=O)c1. The normalized spacial score (nSPS) is 11.6. The number of carbonyl (C=O) groups is 3. The van der Waals surface area contributed by atoms with Crippen LogP contribution in [0.1, 0.15) is 41.5 Å². The minimum atomic E-state index is -3.47. The molecule has 0 aliphatic rings. The van der Waals surface area contributed by atoms with Gasteiger partial charge in [0.2, 0.25) is 0 Å². The molecule has 0 aliphatic carbocycles. The van der Waals surface area contributed by atoms with Crippen LogP contribution in [0.5, 0.6) is 0 Å². The Labute approximate surface area is 170 Å². The van der Waals surface area contributed by atoms with Crippen LogP contribution in [-0.2, 0) is 19.4 Å². The van der Waals surface area contributed by atoms with Crippen LogP contribution < -0.4 is 5.32 Å². The number of hydrogen-bond donors (Lipinski definition) is 1. The summed E-state index contributed by atoms with van der Waals surface area (Å²) in [6.45, 7) is 4.80. The standard InChI is InChI=1S/C21H23NO6S/c1-21(2,3)18(23)13-28-20(25)16-10-5-6-11-17(16)22-19(24)14-8-7-9-15(12-14)29(4,26)27/h5-12H,13H2,1-4H3,(H,22,24). The van der Waals surface area contributed by atoms with Gasteiger partial charge in [-0.1, -0.05) is 39.0 Å². The highest BCUT2D eigenvalue weighted by atomic mass is 32.2. The molecule has 154 valence electrons. The Morgan fingerprint density at radius 1 is 1.00 bits per heavy atom. The fourth-order valence-electron chi connectivity index (χ4n) is 2.26. The zero-order valence-corrected chi connectivity index (χ0v) is 17.5. The van der Waals surface area contributed by atoms with Gasteiger partial charge >= 0.3 is 5.97 Å².